The van der Waals surface area contributed by atoms with Crippen LogP contribution in [0.15, 0.2) is 24.3 Å². The topological polar surface area (TPSA) is 82.0 Å². The van der Waals surface area contributed by atoms with Gasteiger partial charge in [0.15, 0.2) is 0 Å². The van der Waals surface area contributed by atoms with Crippen molar-refractivity contribution in [2.24, 2.45) is 5.41 Å². The molecule has 1 aromatic carbocycles. The number of nitrogens with zero attached hydrogens (tertiary/aromatic N) is 1. The van der Waals surface area contributed by atoms with Gasteiger partial charge in [0.05, 0.1) is 6.07 Å². The number of hydrogen-bond donors (Lipinski definition) is 2. The van der Waals surface area contributed by atoms with Gasteiger partial charge in [0, 0.05) is 18.7 Å². The first-order chi connectivity index (χ1) is 10.6. The number of carbonyl (C=O) groups is 2. The predicted octanol–water partition coefficient (Wildman–Crippen LogP) is 2.14. The highest BCUT2D eigenvalue weighted by Gasteiger charge is 2.41. The van der Waals surface area contributed by atoms with Gasteiger partial charge in [-0.05, 0) is 37.5 Å². The van der Waals surface area contributed by atoms with E-state index in [1.54, 1.807) is 18.2 Å². The molecule has 0 radical (unpaired) electrons. The van der Waals surface area contributed by atoms with Crippen LogP contribution < -0.4 is 10.6 Å². The molecule has 0 aliphatic heterocycles. The Hall–Kier alpha value is -2.35. The van der Waals surface area contributed by atoms with E-state index in [2.05, 4.69) is 16.7 Å². The fraction of sp³-hybridized carbons (Fsp3) is 0.471. The van der Waals surface area contributed by atoms with Crippen molar-refractivity contribution < 1.29 is 9.59 Å². The Labute approximate surface area is 130 Å². The van der Waals surface area contributed by atoms with Crippen LogP contribution in [-0.4, -0.2) is 18.4 Å². The lowest BCUT2D eigenvalue weighted by molar-refractivity contribution is -0.128. The molecule has 0 bridgehead atoms. The quantitative estimate of drug-likeness (QED) is 0.874. The van der Waals surface area contributed by atoms with Gasteiger partial charge in [-0.25, -0.2) is 0 Å². The summed E-state index contributed by atoms with van der Waals surface area (Å²) < 4.78 is 0. The number of carbonyl (C=O) groups excluding carboxylic acids is 2. The summed E-state index contributed by atoms with van der Waals surface area (Å²) in [5, 5.41) is 14.9. The second kappa shape index (κ2) is 7.08. The molecule has 5 nitrogen and oxygen atoms in total. The second-order valence-corrected chi connectivity index (χ2v) is 5.64. The third-order valence-electron chi connectivity index (χ3n) is 4.09. The third-order valence-corrected chi connectivity index (χ3v) is 4.09. The molecule has 0 saturated heterocycles. The van der Waals surface area contributed by atoms with Crippen LogP contribution in [0.5, 0.6) is 0 Å². The van der Waals surface area contributed by atoms with Crippen LogP contribution in [0.2, 0.25) is 0 Å². The summed E-state index contributed by atoms with van der Waals surface area (Å²) in [6.07, 6.45) is 3.11. The first-order valence-corrected chi connectivity index (χ1v) is 7.68. The average molecular weight is 299 g/mol. The molecule has 2 rings (SSSR count). The molecule has 1 saturated carbocycles. The largest absolute Gasteiger partial charge is 0.352 e. The molecule has 1 aliphatic rings. The van der Waals surface area contributed by atoms with Crippen molar-refractivity contribution in [3.05, 3.63) is 35.4 Å². The Balaban J connectivity index is 2.00. The van der Waals surface area contributed by atoms with Gasteiger partial charge < -0.3 is 10.6 Å². The molecule has 0 unspecified atom stereocenters. The summed E-state index contributed by atoms with van der Waals surface area (Å²) in [6, 6.07) is 9.34. The highest BCUT2D eigenvalue weighted by Crippen LogP contribution is 2.37. The molecule has 1 fully saturated rings. The van der Waals surface area contributed by atoms with Crippen molar-refractivity contribution in [2.75, 3.05) is 6.54 Å². The minimum absolute atomic E-state index is 0.125. The molecule has 0 spiro atoms. The molecular weight excluding hydrogens is 278 g/mol. The van der Waals surface area contributed by atoms with Crippen LogP contribution in [0.1, 0.15) is 48.5 Å². The van der Waals surface area contributed by atoms with Gasteiger partial charge in [-0.2, -0.15) is 5.26 Å². The Bertz CT molecular complexity index is 598. The molecule has 1 aliphatic carbocycles. The van der Waals surface area contributed by atoms with Gasteiger partial charge in [-0.15, -0.1) is 0 Å². The van der Waals surface area contributed by atoms with Gasteiger partial charge in [0.25, 0.3) is 5.91 Å². The Kier molecular flexibility index (Phi) is 5.16. The summed E-state index contributed by atoms with van der Waals surface area (Å²) >= 11 is 0. The van der Waals surface area contributed by atoms with Crippen molar-refractivity contribution >= 4 is 11.8 Å². The number of hydrogen-bond acceptors (Lipinski definition) is 3. The molecular formula is C17H21N3O2. The lowest BCUT2D eigenvalue weighted by Crippen LogP contribution is -2.37. The second-order valence-electron chi connectivity index (χ2n) is 5.64. The number of amides is 2. The van der Waals surface area contributed by atoms with Crippen molar-refractivity contribution in [1.29, 1.82) is 5.26 Å². The number of benzene rings is 1. The minimum atomic E-state index is -0.864. The van der Waals surface area contributed by atoms with E-state index in [1.807, 2.05) is 13.0 Å². The monoisotopic (exact) mass is 299 g/mol. The summed E-state index contributed by atoms with van der Waals surface area (Å²) in [5.74, 6) is -0.323. The summed E-state index contributed by atoms with van der Waals surface area (Å²) in [7, 11) is 0. The van der Waals surface area contributed by atoms with E-state index in [-0.39, 0.29) is 11.8 Å². The molecule has 0 atom stereocenters. The fourth-order valence-electron chi connectivity index (χ4n) is 2.80. The highest BCUT2D eigenvalue weighted by atomic mass is 16.2. The van der Waals surface area contributed by atoms with Gasteiger partial charge in [-0.3, -0.25) is 9.59 Å². The zero-order chi connectivity index (χ0) is 16.0. The molecule has 0 aromatic heterocycles. The van der Waals surface area contributed by atoms with Gasteiger partial charge in [-0.1, -0.05) is 25.0 Å². The van der Waals surface area contributed by atoms with Crippen LogP contribution in [0, 0.1) is 16.7 Å². The zero-order valence-electron chi connectivity index (χ0n) is 12.8. The van der Waals surface area contributed by atoms with E-state index >= 15 is 0 Å². The molecule has 2 amide bonds. The number of rotatable bonds is 5. The number of nitriles is 1. The summed E-state index contributed by atoms with van der Waals surface area (Å²) in [4.78, 5) is 24.1. The lowest BCUT2D eigenvalue weighted by atomic mass is 9.87. The fourth-order valence-corrected chi connectivity index (χ4v) is 2.80. The third kappa shape index (κ3) is 3.45. The maximum atomic E-state index is 12.3. The zero-order valence-corrected chi connectivity index (χ0v) is 12.8. The average Bonchev–Trinajstić information content (AvgIpc) is 3.03. The summed E-state index contributed by atoms with van der Waals surface area (Å²) in [6.45, 7) is 2.77. The van der Waals surface area contributed by atoms with Crippen molar-refractivity contribution in [3.63, 3.8) is 0 Å². The normalized spacial score (nSPS) is 15.8. The maximum absolute atomic E-state index is 12.3. The predicted molar refractivity (Wildman–Crippen MR) is 82.8 cm³/mol. The number of nitrogens with one attached hydrogen (secondary N) is 2. The van der Waals surface area contributed by atoms with Crippen LogP contribution in [0.4, 0.5) is 0 Å². The Morgan fingerprint density at radius 1 is 1.27 bits per heavy atom. The van der Waals surface area contributed by atoms with Crippen LogP contribution in [0.25, 0.3) is 0 Å². The Morgan fingerprint density at radius 3 is 2.64 bits per heavy atom. The van der Waals surface area contributed by atoms with E-state index in [1.165, 1.54) is 0 Å². The van der Waals surface area contributed by atoms with E-state index < -0.39 is 5.41 Å². The van der Waals surface area contributed by atoms with Gasteiger partial charge in [0.2, 0.25) is 5.91 Å². The van der Waals surface area contributed by atoms with Crippen molar-refractivity contribution in [1.82, 2.24) is 10.6 Å². The Morgan fingerprint density at radius 2 is 2.00 bits per heavy atom. The van der Waals surface area contributed by atoms with Crippen molar-refractivity contribution in [3.8, 4) is 6.07 Å². The SMILES string of the molecule is CCNC(=O)c1cccc(CNC(=O)C2(C#N)CCCC2)c1. The summed E-state index contributed by atoms with van der Waals surface area (Å²) in [5.41, 5.74) is 0.560. The van der Waals surface area contributed by atoms with Gasteiger partial charge >= 0.3 is 0 Å². The van der Waals surface area contributed by atoms with E-state index in [0.717, 1.165) is 18.4 Å². The standard InChI is InChI=1S/C17H21N3O2/c1-2-19-15(21)14-7-5-6-13(10-14)11-20-16(22)17(12-18)8-3-4-9-17/h5-7,10H,2-4,8-9,11H2,1H3,(H,19,21)(H,20,22). The van der Waals surface area contributed by atoms with E-state index in [9.17, 15) is 14.9 Å². The maximum Gasteiger partial charge on any atom is 0.251 e. The first kappa shape index (κ1) is 16.0. The molecule has 0 heterocycles. The molecule has 1 aromatic rings. The van der Waals surface area contributed by atoms with Crippen LogP contribution in [0.3, 0.4) is 0 Å². The van der Waals surface area contributed by atoms with Crippen LogP contribution >= 0.6 is 0 Å². The smallest absolute Gasteiger partial charge is 0.251 e. The molecule has 2 N–H and O–H groups in total. The highest BCUT2D eigenvalue weighted by molar-refractivity contribution is 5.94. The minimum Gasteiger partial charge on any atom is -0.352 e. The van der Waals surface area contributed by atoms with E-state index in [0.29, 0.717) is 31.5 Å². The van der Waals surface area contributed by atoms with Crippen molar-refractivity contribution in [2.45, 2.75) is 39.2 Å². The van der Waals surface area contributed by atoms with E-state index in [4.69, 9.17) is 0 Å². The first-order valence-electron chi connectivity index (χ1n) is 7.68. The molecule has 116 valence electrons. The molecule has 22 heavy (non-hydrogen) atoms. The van der Waals surface area contributed by atoms with Gasteiger partial charge in [0.1, 0.15) is 5.41 Å². The molecule has 5 heteroatoms. The lowest BCUT2D eigenvalue weighted by Gasteiger charge is -2.19. The van der Waals surface area contributed by atoms with Crippen LogP contribution in [-0.2, 0) is 11.3 Å².